The van der Waals surface area contributed by atoms with E-state index in [0.717, 1.165) is 48.8 Å². The van der Waals surface area contributed by atoms with Gasteiger partial charge in [0, 0.05) is 37.1 Å². The van der Waals surface area contributed by atoms with E-state index in [4.69, 9.17) is 0 Å². The van der Waals surface area contributed by atoms with E-state index in [0.29, 0.717) is 6.04 Å². The molecule has 2 saturated heterocycles. The molecular formula is C14H22N4. The summed E-state index contributed by atoms with van der Waals surface area (Å²) >= 11 is 0. The van der Waals surface area contributed by atoms with Gasteiger partial charge in [-0.3, -0.25) is 0 Å². The maximum atomic E-state index is 4.59. The minimum absolute atomic E-state index is 0.678. The molecule has 0 bridgehead atoms. The summed E-state index contributed by atoms with van der Waals surface area (Å²) in [5, 5.41) is 3.59. The molecule has 0 saturated carbocycles. The van der Waals surface area contributed by atoms with Crippen LogP contribution in [-0.4, -0.2) is 35.6 Å². The van der Waals surface area contributed by atoms with Gasteiger partial charge in [0.25, 0.3) is 0 Å². The monoisotopic (exact) mass is 246 g/mol. The number of aromatic nitrogens is 2. The molecule has 0 aromatic carbocycles. The van der Waals surface area contributed by atoms with E-state index < -0.39 is 0 Å². The van der Waals surface area contributed by atoms with Gasteiger partial charge in [-0.1, -0.05) is 0 Å². The van der Waals surface area contributed by atoms with Gasteiger partial charge in [-0.2, -0.15) is 0 Å². The van der Waals surface area contributed by atoms with Crippen LogP contribution in [-0.2, 0) is 0 Å². The molecule has 2 aliphatic heterocycles. The van der Waals surface area contributed by atoms with E-state index in [1.54, 1.807) is 0 Å². The lowest BCUT2D eigenvalue weighted by Gasteiger charge is -2.35. The fourth-order valence-corrected chi connectivity index (χ4v) is 3.44. The molecule has 2 fully saturated rings. The number of aryl methyl sites for hydroxylation is 2. The van der Waals surface area contributed by atoms with E-state index in [9.17, 15) is 0 Å². The Morgan fingerprint density at radius 2 is 2.00 bits per heavy atom. The maximum absolute atomic E-state index is 4.59. The van der Waals surface area contributed by atoms with E-state index in [-0.39, 0.29) is 0 Å². The molecule has 2 aliphatic rings. The smallest absolute Gasteiger partial charge is 0.225 e. The predicted molar refractivity (Wildman–Crippen MR) is 72.8 cm³/mol. The molecule has 3 heterocycles. The van der Waals surface area contributed by atoms with Crippen molar-refractivity contribution in [2.75, 3.05) is 24.5 Å². The molecule has 0 spiro atoms. The van der Waals surface area contributed by atoms with Crippen LogP contribution in [0, 0.1) is 25.7 Å². The Kier molecular flexibility index (Phi) is 2.98. The minimum atomic E-state index is 0.678. The molecule has 3 atom stereocenters. The summed E-state index contributed by atoms with van der Waals surface area (Å²) in [4.78, 5) is 11.5. The van der Waals surface area contributed by atoms with Gasteiger partial charge in [-0.15, -0.1) is 0 Å². The Bertz CT molecular complexity index is 425. The van der Waals surface area contributed by atoms with E-state index in [2.05, 4.69) is 27.1 Å². The number of anilines is 1. The first kappa shape index (κ1) is 11.9. The Morgan fingerprint density at radius 3 is 2.72 bits per heavy atom. The first-order valence-electron chi connectivity index (χ1n) is 6.94. The molecule has 1 aromatic rings. The standard InChI is InChI=1S/C14H22N4/c1-9-6-10(2)17-14(16-9)18-5-4-13-11(3)15-7-12(13)8-18/h6,11-13,15H,4-5,7-8H2,1-3H3. The second kappa shape index (κ2) is 4.50. The SMILES string of the molecule is Cc1cc(C)nc(N2CCC3C(CNC3C)C2)n1. The van der Waals surface area contributed by atoms with Gasteiger partial charge in [0.2, 0.25) is 5.95 Å². The van der Waals surface area contributed by atoms with Gasteiger partial charge in [0.15, 0.2) is 0 Å². The third-order valence-electron chi connectivity index (χ3n) is 4.39. The number of hydrogen-bond acceptors (Lipinski definition) is 4. The highest BCUT2D eigenvalue weighted by atomic mass is 15.3. The van der Waals surface area contributed by atoms with Crippen LogP contribution >= 0.6 is 0 Å². The first-order valence-corrected chi connectivity index (χ1v) is 6.94. The van der Waals surface area contributed by atoms with E-state index in [1.807, 2.05) is 19.9 Å². The largest absolute Gasteiger partial charge is 0.340 e. The van der Waals surface area contributed by atoms with Crippen molar-refractivity contribution in [1.29, 1.82) is 0 Å². The maximum Gasteiger partial charge on any atom is 0.225 e. The first-order chi connectivity index (χ1) is 8.63. The van der Waals surface area contributed by atoms with Gasteiger partial charge in [-0.25, -0.2) is 9.97 Å². The van der Waals surface area contributed by atoms with Gasteiger partial charge >= 0.3 is 0 Å². The number of nitrogens with zero attached hydrogens (tertiary/aromatic N) is 3. The van der Waals surface area contributed by atoms with Crippen molar-refractivity contribution in [2.45, 2.75) is 33.2 Å². The van der Waals surface area contributed by atoms with Crippen LogP contribution in [0.15, 0.2) is 6.07 Å². The van der Waals surface area contributed by atoms with Gasteiger partial charge in [-0.05, 0) is 45.1 Å². The van der Waals surface area contributed by atoms with Crippen molar-refractivity contribution in [2.24, 2.45) is 11.8 Å². The summed E-state index contributed by atoms with van der Waals surface area (Å²) in [7, 11) is 0. The van der Waals surface area contributed by atoms with Crippen molar-refractivity contribution < 1.29 is 0 Å². The van der Waals surface area contributed by atoms with Gasteiger partial charge in [0.1, 0.15) is 0 Å². The average Bonchev–Trinajstić information content (AvgIpc) is 2.69. The lowest BCUT2D eigenvalue weighted by molar-refractivity contribution is 0.312. The fourth-order valence-electron chi connectivity index (χ4n) is 3.44. The van der Waals surface area contributed by atoms with Crippen LogP contribution in [0.25, 0.3) is 0 Å². The number of fused-ring (bicyclic) bond motifs is 1. The highest BCUT2D eigenvalue weighted by Gasteiger charge is 2.37. The summed E-state index contributed by atoms with van der Waals surface area (Å²) in [5.74, 6) is 2.52. The number of hydrogen-bond donors (Lipinski definition) is 1. The van der Waals surface area contributed by atoms with Crippen molar-refractivity contribution in [1.82, 2.24) is 15.3 Å². The fraction of sp³-hybridized carbons (Fsp3) is 0.714. The molecule has 0 aliphatic carbocycles. The third kappa shape index (κ3) is 2.09. The Morgan fingerprint density at radius 1 is 1.28 bits per heavy atom. The molecule has 98 valence electrons. The zero-order valence-corrected chi connectivity index (χ0v) is 11.5. The summed E-state index contributed by atoms with van der Waals surface area (Å²) in [6.07, 6.45) is 1.26. The van der Waals surface area contributed by atoms with E-state index >= 15 is 0 Å². The van der Waals surface area contributed by atoms with Crippen molar-refractivity contribution in [3.63, 3.8) is 0 Å². The highest BCUT2D eigenvalue weighted by Crippen LogP contribution is 2.32. The second-order valence-electron chi connectivity index (χ2n) is 5.81. The molecule has 4 heteroatoms. The topological polar surface area (TPSA) is 41.1 Å². The Hall–Kier alpha value is -1.16. The average molecular weight is 246 g/mol. The molecule has 3 rings (SSSR count). The predicted octanol–water partition coefficient (Wildman–Crippen LogP) is 1.53. The lowest BCUT2D eigenvalue weighted by Crippen LogP contribution is -2.42. The number of nitrogens with one attached hydrogen (secondary N) is 1. The molecule has 0 amide bonds. The molecule has 18 heavy (non-hydrogen) atoms. The molecule has 3 unspecified atom stereocenters. The summed E-state index contributed by atoms with van der Waals surface area (Å²) < 4.78 is 0. The van der Waals surface area contributed by atoms with Crippen LogP contribution in [0.5, 0.6) is 0 Å². The Balaban J connectivity index is 1.78. The lowest BCUT2D eigenvalue weighted by atomic mass is 9.85. The third-order valence-corrected chi connectivity index (χ3v) is 4.39. The van der Waals surface area contributed by atoms with Crippen LogP contribution in [0.4, 0.5) is 5.95 Å². The van der Waals surface area contributed by atoms with Crippen molar-refractivity contribution in [3.8, 4) is 0 Å². The Labute approximate surface area is 109 Å². The van der Waals surface area contributed by atoms with Crippen LogP contribution in [0.2, 0.25) is 0 Å². The molecular weight excluding hydrogens is 224 g/mol. The number of rotatable bonds is 1. The van der Waals surface area contributed by atoms with Crippen molar-refractivity contribution >= 4 is 5.95 Å². The summed E-state index contributed by atoms with van der Waals surface area (Å²) in [5.41, 5.74) is 2.13. The van der Waals surface area contributed by atoms with E-state index in [1.165, 1.54) is 6.42 Å². The zero-order valence-electron chi connectivity index (χ0n) is 11.5. The van der Waals surface area contributed by atoms with Gasteiger partial charge < -0.3 is 10.2 Å². The second-order valence-corrected chi connectivity index (χ2v) is 5.81. The van der Waals surface area contributed by atoms with Crippen LogP contribution in [0.3, 0.4) is 0 Å². The summed E-state index contributed by atoms with van der Waals surface area (Å²) in [6.45, 7) is 9.75. The van der Waals surface area contributed by atoms with Crippen LogP contribution < -0.4 is 10.2 Å². The summed E-state index contributed by atoms with van der Waals surface area (Å²) in [6, 6.07) is 2.72. The molecule has 0 radical (unpaired) electrons. The number of piperidine rings is 1. The van der Waals surface area contributed by atoms with Gasteiger partial charge in [0.05, 0.1) is 0 Å². The molecule has 1 N–H and O–H groups in total. The highest BCUT2D eigenvalue weighted by molar-refractivity contribution is 5.33. The van der Waals surface area contributed by atoms with Crippen molar-refractivity contribution in [3.05, 3.63) is 17.5 Å². The normalized spacial score (nSPS) is 31.5. The molecule has 1 aromatic heterocycles. The minimum Gasteiger partial charge on any atom is -0.340 e. The zero-order chi connectivity index (χ0) is 12.7. The van der Waals surface area contributed by atoms with Crippen LogP contribution in [0.1, 0.15) is 24.7 Å². The quantitative estimate of drug-likeness (QED) is 0.816. The molecule has 4 nitrogen and oxygen atoms in total.